The SMILES string of the molecule is Cc1noc(NC(=O)C2CCCC(N)C2)c1C. The van der Waals surface area contributed by atoms with Gasteiger partial charge in [0, 0.05) is 17.5 Å². The molecule has 1 aromatic rings. The number of aryl methyl sites for hydroxylation is 1. The van der Waals surface area contributed by atoms with Gasteiger partial charge in [-0.05, 0) is 33.1 Å². The molecular weight excluding hydrogens is 218 g/mol. The number of amides is 1. The van der Waals surface area contributed by atoms with Gasteiger partial charge in [0.2, 0.25) is 11.8 Å². The van der Waals surface area contributed by atoms with E-state index in [2.05, 4.69) is 10.5 Å². The zero-order chi connectivity index (χ0) is 12.4. The molecular formula is C12H19N3O2. The van der Waals surface area contributed by atoms with Gasteiger partial charge in [0.15, 0.2) is 0 Å². The van der Waals surface area contributed by atoms with Crippen LogP contribution in [-0.2, 0) is 4.79 Å². The first kappa shape index (κ1) is 12.1. The zero-order valence-corrected chi connectivity index (χ0v) is 10.3. The van der Waals surface area contributed by atoms with Crippen molar-refractivity contribution >= 4 is 11.8 Å². The lowest BCUT2D eigenvalue weighted by Gasteiger charge is -2.25. The summed E-state index contributed by atoms with van der Waals surface area (Å²) in [4.78, 5) is 12.0. The molecule has 1 heterocycles. The van der Waals surface area contributed by atoms with Gasteiger partial charge in [0.25, 0.3) is 0 Å². The fraction of sp³-hybridized carbons (Fsp3) is 0.667. The van der Waals surface area contributed by atoms with Crippen molar-refractivity contribution in [2.24, 2.45) is 11.7 Å². The average Bonchev–Trinajstić information content (AvgIpc) is 2.61. The van der Waals surface area contributed by atoms with Crippen LogP contribution in [0.2, 0.25) is 0 Å². The number of hydrogen-bond acceptors (Lipinski definition) is 4. The molecule has 17 heavy (non-hydrogen) atoms. The number of carbonyl (C=O) groups excluding carboxylic acids is 1. The van der Waals surface area contributed by atoms with Crippen LogP contribution >= 0.6 is 0 Å². The normalized spacial score (nSPS) is 24.6. The van der Waals surface area contributed by atoms with Crippen LogP contribution in [0.3, 0.4) is 0 Å². The van der Waals surface area contributed by atoms with Gasteiger partial charge in [-0.3, -0.25) is 10.1 Å². The standard InChI is InChI=1S/C12H19N3O2/c1-7-8(2)15-17-12(7)14-11(16)9-4-3-5-10(13)6-9/h9-10H,3-6,13H2,1-2H3,(H,14,16). The van der Waals surface area contributed by atoms with Gasteiger partial charge < -0.3 is 10.3 Å². The number of nitrogens with one attached hydrogen (secondary N) is 1. The number of carbonyl (C=O) groups is 1. The quantitative estimate of drug-likeness (QED) is 0.821. The molecule has 1 fully saturated rings. The van der Waals surface area contributed by atoms with Crippen LogP contribution in [-0.4, -0.2) is 17.1 Å². The molecule has 1 aliphatic rings. The van der Waals surface area contributed by atoms with Crippen LogP contribution in [0.4, 0.5) is 5.88 Å². The summed E-state index contributed by atoms with van der Waals surface area (Å²) in [6.07, 6.45) is 3.71. The summed E-state index contributed by atoms with van der Waals surface area (Å²) in [5.74, 6) is 0.467. The minimum absolute atomic E-state index is 0.000556. The highest BCUT2D eigenvalue weighted by Gasteiger charge is 2.26. The van der Waals surface area contributed by atoms with E-state index < -0.39 is 0 Å². The second kappa shape index (κ2) is 4.87. The molecule has 0 aromatic carbocycles. The Balaban J connectivity index is 1.99. The van der Waals surface area contributed by atoms with Crippen molar-refractivity contribution in [3.8, 4) is 0 Å². The van der Waals surface area contributed by atoms with Crippen LogP contribution < -0.4 is 11.1 Å². The average molecular weight is 237 g/mol. The molecule has 2 unspecified atom stereocenters. The first-order valence-corrected chi connectivity index (χ1v) is 6.07. The van der Waals surface area contributed by atoms with E-state index >= 15 is 0 Å². The predicted octanol–water partition coefficient (Wildman–Crippen LogP) is 1.75. The van der Waals surface area contributed by atoms with Gasteiger partial charge in [-0.25, -0.2) is 0 Å². The second-order valence-corrected chi connectivity index (χ2v) is 4.83. The molecule has 94 valence electrons. The molecule has 1 aliphatic carbocycles. The first-order chi connectivity index (χ1) is 8.08. The summed E-state index contributed by atoms with van der Waals surface area (Å²) >= 11 is 0. The van der Waals surface area contributed by atoms with Gasteiger partial charge in [-0.1, -0.05) is 11.6 Å². The first-order valence-electron chi connectivity index (χ1n) is 6.07. The fourth-order valence-electron chi connectivity index (χ4n) is 2.21. The smallest absolute Gasteiger partial charge is 0.234 e. The molecule has 1 saturated carbocycles. The summed E-state index contributed by atoms with van der Waals surface area (Å²) in [5.41, 5.74) is 7.57. The molecule has 5 heteroatoms. The third kappa shape index (κ3) is 2.66. The molecule has 1 amide bonds. The van der Waals surface area contributed by atoms with Gasteiger partial charge in [0.05, 0.1) is 5.69 Å². The van der Waals surface area contributed by atoms with Crippen LogP contribution in [0.25, 0.3) is 0 Å². The second-order valence-electron chi connectivity index (χ2n) is 4.83. The number of anilines is 1. The maximum absolute atomic E-state index is 12.0. The number of nitrogens with zero attached hydrogens (tertiary/aromatic N) is 1. The lowest BCUT2D eigenvalue weighted by Crippen LogP contribution is -2.34. The maximum Gasteiger partial charge on any atom is 0.234 e. The Labute approximate surface area is 101 Å². The predicted molar refractivity (Wildman–Crippen MR) is 64.5 cm³/mol. The van der Waals surface area contributed by atoms with Crippen LogP contribution in [0.15, 0.2) is 4.52 Å². The third-order valence-corrected chi connectivity index (χ3v) is 3.48. The van der Waals surface area contributed by atoms with Crippen molar-refractivity contribution in [1.82, 2.24) is 5.16 Å². The molecule has 0 aliphatic heterocycles. The van der Waals surface area contributed by atoms with Crippen LogP contribution in [0.1, 0.15) is 36.9 Å². The van der Waals surface area contributed by atoms with Crippen molar-refractivity contribution < 1.29 is 9.32 Å². The minimum atomic E-state index is -0.000556. The van der Waals surface area contributed by atoms with Crippen molar-refractivity contribution in [1.29, 1.82) is 0 Å². The molecule has 2 atom stereocenters. The van der Waals surface area contributed by atoms with E-state index in [0.717, 1.165) is 36.9 Å². The Kier molecular flexibility index (Phi) is 3.47. The summed E-state index contributed by atoms with van der Waals surface area (Å²) < 4.78 is 5.07. The van der Waals surface area contributed by atoms with E-state index in [0.29, 0.717) is 5.88 Å². The van der Waals surface area contributed by atoms with E-state index in [-0.39, 0.29) is 17.9 Å². The van der Waals surface area contributed by atoms with Gasteiger partial charge >= 0.3 is 0 Å². The molecule has 3 N–H and O–H groups in total. The summed E-state index contributed by atoms with van der Waals surface area (Å²) in [5, 5.41) is 6.61. The van der Waals surface area contributed by atoms with Crippen molar-refractivity contribution in [3.63, 3.8) is 0 Å². The zero-order valence-electron chi connectivity index (χ0n) is 10.3. The van der Waals surface area contributed by atoms with Crippen molar-refractivity contribution in [2.45, 2.75) is 45.6 Å². The number of nitrogens with two attached hydrogens (primary N) is 1. The Hall–Kier alpha value is -1.36. The summed E-state index contributed by atoms with van der Waals surface area (Å²) in [7, 11) is 0. The number of aromatic nitrogens is 1. The Morgan fingerprint density at radius 1 is 1.47 bits per heavy atom. The number of rotatable bonds is 2. The van der Waals surface area contributed by atoms with Crippen molar-refractivity contribution in [2.75, 3.05) is 5.32 Å². The Morgan fingerprint density at radius 2 is 2.24 bits per heavy atom. The highest BCUT2D eigenvalue weighted by molar-refractivity contribution is 5.92. The molecule has 5 nitrogen and oxygen atoms in total. The molecule has 0 saturated heterocycles. The maximum atomic E-state index is 12.0. The molecule has 0 bridgehead atoms. The van der Waals surface area contributed by atoms with Crippen LogP contribution in [0.5, 0.6) is 0 Å². The Bertz CT molecular complexity index is 414. The monoisotopic (exact) mass is 237 g/mol. The third-order valence-electron chi connectivity index (χ3n) is 3.48. The van der Waals surface area contributed by atoms with Crippen molar-refractivity contribution in [3.05, 3.63) is 11.3 Å². The summed E-state index contributed by atoms with van der Waals surface area (Å²) in [6.45, 7) is 3.74. The van der Waals surface area contributed by atoms with Gasteiger partial charge in [-0.15, -0.1) is 0 Å². The van der Waals surface area contributed by atoms with Crippen LogP contribution in [0, 0.1) is 19.8 Å². The van der Waals surface area contributed by atoms with Gasteiger partial charge in [-0.2, -0.15) is 0 Å². The lowest BCUT2D eigenvalue weighted by atomic mass is 9.85. The van der Waals surface area contributed by atoms with E-state index in [1.807, 2.05) is 13.8 Å². The largest absolute Gasteiger partial charge is 0.338 e. The van der Waals surface area contributed by atoms with E-state index in [1.54, 1.807) is 0 Å². The minimum Gasteiger partial charge on any atom is -0.338 e. The molecule has 0 spiro atoms. The van der Waals surface area contributed by atoms with E-state index in [4.69, 9.17) is 10.3 Å². The highest BCUT2D eigenvalue weighted by Crippen LogP contribution is 2.25. The molecule has 1 aromatic heterocycles. The lowest BCUT2D eigenvalue weighted by molar-refractivity contribution is -0.121. The Morgan fingerprint density at radius 3 is 2.82 bits per heavy atom. The summed E-state index contributed by atoms with van der Waals surface area (Å²) in [6, 6.07) is 0.150. The highest BCUT2D eigenvalue weighted by atomic mass is 16.5. The molecule has 0 radical (unpaired) electrons. The number of hydrogen-bond donors (Lipinski definition) is 2. The topological polar surface area (TPSA) is 81.2 Å². The van der Waals surface area contributed by atoms with E-state index in [1.165, 1.54) is 0 Å². The van der Waals surface area contributed by atoms with Gasteiger partial charge in [0.1, 0.15) is 0 Å². The van der Waals surface area contributed by atoms with E-state index in [9.17, 15) is 4.79 Å². The fourth-order valence-corrected chi connectivity index (χ4v) is 2.21. The molecule has 2 rings (SSSR count).